The predicted octanol–water partition coefficient (Wildman–Crippen LogP) is 3.96. The maximum Gasteiger partial charge on any atom is 0.337 e. The van der Waals surface area contributed by atoms with Crippen LogP contribution in [0.4, 0.5) is 11.4 Å². The van der Waals surface area contributed by atoms with Gasteiger partial charge in [-0.1, -0.05) is 23.9 Å². The molecule has 0 unspecified atom stereocenters. The number of carboxylic acid groups (broad SMARTS) is 1. The number of carboxylic acids is 1. The number of nitro benzene ring substituents is 2. The summed E-state index contributed by atoms with van der Waals surface area (Å²) in [5.74, 6) is -1.49. The molecule has 9 nitrogen and oxygen atoms in total. The molecule has 0 fully saturated rings. The summed E-state index contributed by atoms with van der Waals surface area (Å²) >= 11 is 2.05. The third-order valence-corrected chi connectivity index (χ3v) is 5.39. The van der Waals surface area contributed by atoms with Gasteiger partial charge in [0.15, 0.2) is 4.34 Å². The van der Waals surface area contributed by atoms with E-state index in [2.05, 4.69) is 4.98 Å². The molecule has 1 heterocycles. The Hall–Kier alpha value is -3.05. The number of aromatic carboxylic acids is 1. The molecule has 126 valence electrons. The van der Waals surface area contributed by atoms with Crippen molar-refractivity contribution in [3.8, 4) is 0 Å². The van der Waals surface area contributed by atoms with Crippen molar-refractivity contribution in [3.05, 3.63) is 62.2 Å². The number of thiazole rings is 1. The summed E-state index contributed by atoms with van der Waals surface area (Å²) in [6, 6.07) is 8.74. The maximum atomic E-state index is 11.5. The van der Waals surface area contributed by atoms with E-state index in [4.69, 9.17) is 0 Å². The minimum Gasteiger partial charge on any atom is -0.478 e. The van der Waals surface area contributed by atoms with E-state index < -0.39 is 32.8 Å². The monoisotopic (exact) mass is 377 g/mol. The Morgan fingerprint density at radius 3 is 2.48 bits per heavy atom. The molecule has 11 heteroatoms. The molecule has 0 radical (unpaired) electrons. The number of carbonyl (C=O) groups is 1. The second-order valence-electron chi connectivity index (χ2n) is 4.71. The highest BCUT2D eigenvalue weighted by Crippen LogP contribution is 2.42. The van der Waals surface area contributed by atoms with Crippen molar-refractivity contribution in [2.45, 2.75) is 9.24 Å². The van der Waals surface area contributed by atoms with Crippen LogP contribution in [-0.4, -0.2) is 25.9 Å². The van der Waals surface area contributed by atoms with Gasteiger partial charge in [0.1, 0.15) is 4.90 Å². The number of benzene rings is 2. The van der Waals surface area contributed by atoms with E-state index in [1.54, 1.807) is 12.1 Å². The van der Waals surface area contributed by atoms with Gasteiger partial charge in [0.25, 0.3) is 11.4 Å². The number of hydrogen-bond donors (Lipinski definition) is 1. The van der Waals surface area contributed by atoms with Crippen LogP contribution in [0.3, 0.4) is 0 Å². The van der Waals surface area contributed by atoms with Crippen LogP contribution in [0.25, 0.3) is 10.2 Å². The molecule has 0 saturated heterocycles. The van der Waals surface area contributed by atoms with Gasteiger partial charge in [-0.25, -0.2) is 9.78 Å². The molecule has 3 rings (SSSR count). The number of hydrogen-bond acceptors (Lipinski definition) is 8. The molecule has 0 atom stereocenters. The lowest BCUT2D eigenvalue weighted by molar-refractivity contribution is -0.396. The number of non-ortho nitro benzene ring substituents is 1. The number of rotatable bonds is 5. The quantitative estimate of drug-likeness (QED) is 0.521. The minimum absolute atomic E-state index is 0.192. The Morgan fingerprint density at radius 1 is 1.16 bits per heavy atom. The number of nitro groups is 2. The molecule has 0 aliphatic rings. The molecule has 0 amide bonds. The molecular formula is C14H7N3O6S2. The molecule has 0 aliphatic heterocycles. The molecule has 1 N–H and O–H groups in total. The van der Waals surface area contributed by atoms with Crippen molar-refractivity contribution in [2.75, 3.05) is 0 Å². The highest BCUT2D eigenvalue weighted by molar-refractivity contribution is 8.01. The Morgan fingerprint density at radius 2 is 1.88 bits per heavy atom. The van der Waals surface area contributed by atoms with Crippen LogP contribution < -0.4 is 0 Å². The van der Waals surface area contributed by atoms with E-state index in [0.29, 0.717) is 9.86 Å². The molecule has 0 spiro atoms. The Labute approximate surface area is 147 Å². The Kier molecular flexibility index (Phi) is 4.33. The summed E-state index contributed by atoms with van der Waals surface area (Å²) in [6.45, 7) is 0. The van der Waals surface area contributed by atoms with Gasteiger partial charge in [-0.05, 0) is 12.1 Å². The number of aromatic nitrogens is 1. The molecule has 1 aromatic heterocycles. The minimum atomic E-state index is -1.49. The standard InChI is InChI=1S/C14H7N3O6S2/c18-13(19)8-5-7(16(20)21)6-10(17(22)23)12(8)25-14-15-9-3-1-2-4-11(9)24-14/h1-6H,(H,18,19). The van der Waals surface area contributed by atoms with Gasteiger partial charge in [-0.2, -0.15) is 0 Å². The van der Waals surface area contributed by atoms with Crippen LogP contribution in [0, 0.1) is 20.2 Å². The van der Waals surface area contributed by atoms with Crippen LogP contribution in [0.5, 0.6) is 0 Å². The number of para-hydroxylation sites is 1. The highest BCUT2D eigenvalue weighted by atomic mass is 32.2. The Bertz CT molecular complexity index is 964. The molecular weight excluding hydrogens is 370 g/mol. The molecule has 0 saturated carbocycles. The summed E-state index contributed by atoms with van der Waals surface area (Å²) in [5, 5.41) is 31.5. The molecule has 3 aromatic rings. The largest absolute Gasteiger partial charge is 0.478 e. The van der Waals surface area contributed by atoms with Crippen molar-refractivity contribution in [2.24, 2.45) is 0 Å². The average molecular weight is 377 g/mol. The first-order valence-corrected chi connectivity index (χ1v) is 8.23. The second-order valence-corrected chi connectivity index (χ2v) is 7.00. The van der Waals surface area contributed by atoms with Crippen molar-refractivity contribution < 1.29 is 19.7 Å². The molecule has 0 bridgehead atoms. The fourth-order valence-corrected chi connectivity index (χ4v) is 4.28. The highest BCUT2D eigenvalue weighted by Gasteiger charge is 2.28. The topological polar surface area (TPSA) is 136 Å². The van der Waals surface area contributed by atoms with Crippen LogP contribution >= 0.6 is 23.1 Å². The normalized spacial score (nSPS) is 10.7. The SMILES string of the molecule is O=C(O)c1cc([N+](=O)[O-])cc([N+](=O)[O-])c1Sc1nc2ccccc2s1. The van der Waals surface area contributed by atoms with Gasteiger partial charge < -0.3 is 5.11 Å². The summed E-state index contributed by atoms with van der Waals surface area (Å²) in [4.78, 5) is 36.1. The van der Waals surface area contributed by atoms with E-state index >= 15 is 0 Å². The average Bonchev–Trinajstić information content (AvgIpc) is 2.96. The first-order chi connectivity index (χ1) is 11.9. The summed E-state index contributed by atoms with van der Waals surface area (Å²) < 4.78 is 1.24. The van der Waals surface area contributed by atoms with Crippen LogP contribution in [0.15, 0.2) is 45.6 Å². The maximum absolute atomic E-state index is 11.5. The van der Waals surface area contributed by atoms with Crippen molar-refractivity contribution >= 4 is 50.7 Å². The lowest BCUT2D eigenvalue weighted by atomic mass is 10.1. The van der Waals surface area contributed by atoms with E-state index in [9.17, 15) is 30.1 Å². The van der Waals surface area contributed by atoms with Crippen LogP contribution in [0.1, 0.15) is 10.4 Å². The summed E-state index contributed by atoms with van der Waals surface area (Å²) in [7, 11) is 0. The summed E-state index contributed by atoms with van der Waals surface area (Å²) in [6.07, 6.45) is 0. The van der Waals surface area contributed by atoms with E-state index in [1.165, 1.54) is 11.3 Å². The van der Waals surface area contributed by atoms with Crippen molar-refractivity contribution in [1.29, 1.82) is 0 Å². The fraction of sp³-hybridized carbons (Fsp3) is 0. The first-order valence-electron chi connectivity index (χ1n) is 6.60. The molecule has 25 heavy (non-hydrogen) atoms. The van der Waals surface area contributed by atoms with Gasteiger partial charge in [-0.3, -0.25) is 20.2 Å². The fourth-order valence-electron chi connectivity index (χ4n) is 2.09. The van der Waals surface area contributed by atoms with Crippen molar-refractivity contribution in [3.63, 3.8) is 0 Å². The van der Waals surface area contributed by atoms with Gasteiger partial charge in [0.05, 0.1) is 31.7 Å². The van der Waals surface area contributed by atoms with Gasteiger partial charge >= 0.3 is 5.97 Å². The van der Waals surface area contributed by atoms with E-state index in [0.717, 1.165) is 28.6 Å². The van der Waals surface area contributed by atoms with Crippen LogP contribution in [0.2, 0.25) is 0 Å². The summed E-state index contributed by atoms with van der Waals surface area (Å²) in [5.41, 5.74) is -1.13. The predicted molar refractivity (Wildman–Crippen MR) is 90.5 cm³/mol. The second kappa shape index (κ2) is 6.45. The number of fused-ring (bicyclic) bond motifs is 1. The molecule has 2 aromatic carbocycles. The number of nitrogens with zero attached hydrogens (tertiary/aromatic N) is 3. The first kappa shape index (κ1) is 16.8. The van der Waals surface area contributed by atoms with Crippen molar-refractivity contribution in [1.82, 2.24) is 4.98 Å². The van der Waals surface area contributed by atoms with Gasteiger partial charge in [0.2, 0.25) is 0 Å². The third kappa shape index (κ3) is 3.27. The lowest BCUT2D eigenvalue weighted by Crippen LogP contribution is -2.04. The Balaban J connectivity index is 2.17. The zero-order valence-electron chi connectivity index (χ0n) is 12.1. The lowest BCUT2D eigenvalue weighted by Gasteiger charge is -2.05. The van der Waals surface area contributed by atoms with Crippen LogP contribution in [-0.2, 0) is 0 Å². The van der Waals surface area contributed by atoms with E-state index in [1.807, 2.05) is 12.1 Å². The smallest absolute Gasteiger partial charge is 0.337 e. The third-order valence-electron chi connectivity index (χ3n) is 3.16. The van der Waals surface area contributed by atoms with E-state index in [-0.39, 0.29) is 4.90 Å². The van der Waals surface area contributed by atoms with Gasteiger partial charge in [0, 0.05) is 6.07 Å². The zero-order chi connectivity index (χ0) is 18.1. The molecule has 0 aliphatic carbocycles. The zero-order valence-corrected chi connectivity index (χ0v) is 13.7. The van der Waals surface area contributed by atoms with Gasteiger partial charge in [-0.15, -0.1) is 11.3 Å².